The van der Waals surface area contributed by atoms with Crippen molar-refractivity contribution >= 4 is 17.5 Å². The highest BCUT2D eigenvalue weighted by molar-refractivity contribution is 6.11. The molecular formula is C23H25N3O4. The van der Waals surface area contributed by atoms with E-state index in [9.17, 15) is 14.7 Å². The zero-order chi connectivity index (χ0) is 21.0. The summed E-state index contributed by atoms with van der Waals surface area (Å²) < 4.78 is 5.46. The van der Waals surface area contributed by atoms with Gasteiger partial charge in [-0.05, 0) is 50.3 Å². The Kier molecular flexibility index (Phi) is 4.32. The molecule has 2 aliphatic heterocycles. The van der Waals surface area contributed by atoms with Crippen molar-refractivity contribution in [3.63, 3.8) is 0 Å². The highest BCUT2D eigenvalue weighted by Gasteiger charge is 2.48. The quantitative estimate of drug-likeness (QED) is 0.795. The van der Waals surface area contributed by atoms with Crippen LogP contribution in [-0.4, -0.2) is 45.1 Å². The Hall–Kier alpha value is -2.93. The Labute approximate surface area is 175 Å². The van der Waals surface area contributed by atoms with Crippen molar-refractivity contribution in [3.8, 4) is 5.88 Å². The van der Waals surface area contributed by atoms with Crippen molar-refractivity contribution in [2.75, 3.05) is 11.9 Å². The lowest BCUT2D eigenvalue weighted by Gasteiger charge is -2.37. The van der Waals surface area contributed by atoms with Gasteiger partial charge in [-0.25, -0.2) is 4.98 Å². The summed E-state index contributed by atoms with van der Waals surface area (Å²) in [5.74, 6) is 0.407. The second-order valence-corrected chi connectivity index (χ2v) is 8.90. The van der Waals surface area contributed by atoms with Crippen molar-refractivity contribution in [2.45, 2.75) is 51.3 Å². The van der Waals surface area contributed by atoms with Gasteiger partial charge in [0.2, 0.25) is 5.88 Å². The van der Waals surface area contributed by atoms with Gasteiger partial charge in [0.1, 0.15) is 0 Å². The summed E-state index contributed by atoms with van der Waals surface area (Å²) in [6.07, 6.45) is 4.24. The maximum absolute atomic E-state index is 13.4. The number of carbonyl (C=O) groups is 2. The number of ether oxygens (including phenoxy) is 1. The molecular weight excluding hydrogens is 382 g/mol. The first kappa shape index (κ1) is 19.1. The maximum atomic E-state index is 13.4. The van der Waals surface area contributed by atoms with E-state index >= 15 is 0 Å². The van der Waals surface area contributed by atoms with E-state index in [1.165, 1.54) is 0 Å². The minimum Gasteiger partial charge on any atom is -0.477 e. The molecule has 7 heteroatoms. The lowest BCUT2D eigenvalue weighted by Crippen LogP contribution is -2.51. The van der Waals surface area contributed by atoms with Crippen LogP contribution in [-0.2, 0) is 13.0 Å². The maximum Gasteiger partial charge on any atom is 0.256 e. The molecule has 2 aromatic rings. The number of hydrogen-bond acceptors (Lipinski definition) is 5. The zero-order valence-electron chi connectivity index (χ0n) is 17.1. The lowest BCUT2D eigenvalue weighted by molar-refractivity contribution is -0.0224. The molecule has 0 spiro atoms. The Bertz CT molecular complexity index is 1040. The van der Waals surface area contributed by atoms with E-state index < -0.39 is 5.60 Å². The van der Waals surface area contributed by atoms with Crippen LogP contribution in [0.25, 0.3) is 0 Å². The van der Waals surface area contributed by atoms with E-state index in [2.05, 4.69) is 10.3 Å². The van der Waals surface area contributed by atoms with Gasteiger partial charge in [-0.15, -0.1) is 0 Å². The van der Waals surface area contributed by atoms with Crippen molar-refractivity contribution in [1.29, 1.82) is 0 Å². The fraction of sp³-hybridized carbons (Fsp3) is 0.435. The van der Waals surface area contributed by atoms with Gasteiger partial charge in [0.25, 0.3) is 11.8 Å². The number of amides is 2. The summed E-state index contributed by atoms with van der Waals surface area (Å²) in [4.78, 5) is 32.3. The third-order valence-electron chi connectivity index (χ3n) is 6.19. The minimum absolute atomic E-state index is 0.136. The Morgan fingerprint density at radius 3 is 2.87 bits per heavy atom. The van der Waals surface area contributed by atoms with Gasteiger partial charge in [-0.2, -0.15) is 0 Å². The van der Waals surface area contributed by atoms with Gasteiger partial charge in [0.15, 0.2) is 0 Å². The van der Waals surface area contributed by atoms with Crippen LogP contribution >= 0.6 is 0 Å². The third-order valence-corrected chi connectivity index (χ3v) is 6.19. The van der Waals surface area contributed by atoms with E-state index in [0.717, 1.165) is 24.0 Å². The fourth-order valence-electron chi connectivity index (χ4n) is 4.83. The number of benzene rings is 1. The van der Waals surface area contributed by atoms with Crippen molar-refractivity contribution in [1.82, 2.24) is 9.88 Å². The van der Waals surface area contributed by atoms with E-state index in [1.54, 1.807) is 37.1 Å². The lowest BCUT2D eigenvalue weighted by atomic mass is 9.93. The van der Waals surface area contributed by atoms with E-state index in [-0.39, 0.29) is 17.9 Å². The van der Waals surface area contributed by atoms with Crippen LogP contribution in [0.3, 0.4) is 0 Å². The first-order valence-corrected chi connectivity index (χ1v) is 10.4. The van der Waals surface area contributed by atoms with E-state index in [1.807, 2.05) is 12.1 Å². The van der Waals surface area contributed by atoms with Gasteiger partial charge in [0, 0.05) is 30.3 Å². The molecule has 1 aromatic heterocycles. The molecule has 1 atom stereocenters. The summed E-state index contributed by atoms with van der Waals surface area (Å²) in [5, 5.41) is 13.6. The molecule has 156 valence electrons. The smallest absolute Gasteiger partial charge is 0.256 e. The second kappa shape index (κ2) is 6.80. The third kappa shape index (κ3) is 3.13. The number of hydrogen-bond donors (Lipinski definition) is 2. The largest absolute Gasteiger partial charge is 0.477 e. The first-order valence-electron chi connectivity index (χ1n) is 10.4. The number of aliphatic hydroxyl groups is 1. The number of aromatic nitrogens is 1. The van der Waals surface area contributed by atoms with Crippen LogP contribution in [0, 0.1) is 5.92 Å². The topological polar surface area (TPSA) is 91.8 Å². The molecule has 1 fully saturated rings. The molecule has 0 saturated heterocycles. The molecule has 0 radical (unpaired) electrons. The molecule has 0 unspecified atom stereocenters. The average molecular weight is 407 g/mol. The molecule has 30 heavy (non-hydrogen) atoms. The van der Waals surface area contributed by atoms with Crippen molar-refractivity contribution < 1.29 is 19.4 Å². The SMILES string of the molecule is CC(C)(O)[C@H](C1CC1)N1Cc2cccc(NC(=O)c3ccnc4c3CCO4)c2C1=O. The number of nitrogens with zero attached hydrogens (tertiary/aromatic N) is 2. The fourth-order valence-corrected chi connectivity index (χ4v) is 4.83. The monoisotopic (exact) mass is 407 g/mol. The summed E-state index contributed by atoms with van der Waals surface area (Å²) in [6, 6.07) is 6.96. The van der Waals surface area contributed by atoms with Gasteiger partial charge in [0.05, 0.1) is 29.5 Å². The standard InChI is InChI=1S/C23H25N3O4/c1-23(2,29)19(13-6-7-13)26-12-14-4-3-5-17(18(14)22(26)28)25-20(27)15-8-10-24-21-16(15)9-11-30-21/h3-5,8,10,13,19,29H,6-7,9,11-12H2,1-2H3,(H,25,27)/t19-/m0/s1. The molecule has 2 amide bonds. The summed E-state index contributed by atoms with van der Waals surface area (Å²) >= 11 is 0. The van der Waals surface area contributed by atoms with Crippen LogP contribution in [0.15, 0.2) is 30.5 Å². The predicted octanol–water partition coefficient (Wildman–Crippen LogP) is 2.77. The van der Waals surface area contributed by atoms with Crippen LogP contribution in [0.2, 0.25) is 0 Å². The highest BCUT2D eigenvalue weighted by atomic mass is 16.5. The van der Waals surface area contributed by atoms with Crippen LogP contribution in [0.1, 0.15) is 58.5 Å². The number of carbonyl (C=O) groups excluding carboxylic acids is 2. The molecule has 1 aromatic carbocycles. The number of pyridine rings is 1. The second-order valence-electron chi connectivity index (χ2n) is 8.90. The number of rotatable bonds is 5. The zero-order valence-corrected chi connectivity index (χ0v) is 17.1. The molecule has 3 heterocycles. The molecule has 2 N–H and O–H groups in total. The summed E-state index contributed by atoms with van der Waals surface area (Å²) in [6.45, 7) is 4.49. The Morgan fingerprint density at radius 2 is 2.13 bits per heavy atom. The number of nitrogens with one attached hydrogen (secondary N) is 1. The highest BCUT2D eigenvalue weighted by Crippen LogP contribution is 2.43. The molecule has 0 bridgehead atoms. The molecule has 1 aliphatic carbocycles. The Morgan fingerprint density at radius 1 is 1.33 bits per heavy atom. The first-order chi connectivity index (χ1) is 14.3. The molecule has 7 nitrogen and oxygen atoms in total. The summed E-state index contributed by atoms with van der Waals surface area (Å²) in [5.41, 5.74) is 2.22. The predicted molar refractivity (Wildman–Crippen MR) is 111 cm³/mol. The van der Waals surface area contributed by atoms with Crippen molar-refractivity contribution in [2.24, 2.45) is 5.92 Å². The number of anilines is 1. The summed E-state index contributed by atoms with van der Waals surface area (Å²) in [7, 11) is 0. The van der Waals surface area contributed by atoms with Crippen LogP contribution < -0.4 is 10.1 Å². The van der Waals surface area contributed by atoms with Crippen LogP contribution in [0.5, 0.6) is 5.88 Å². The molecule has 3 aliphatic rings. The average Bonchev–Trinajstić information content (AvgIpc) is 3.29. The van der Waals surface area contributed by atoms with Gasteiger partial charge in [-0.1, -0.05) is 12.1 Å². The van der Waals surface area contributed by atoms with Gasteiger partial charge >= 0.3 is 0 Å². The van der Waals surface area contributed by atoms with Gasteiger partial charge < -0.3 is 20.1 Å². The van der Waals surface area contributed by atoms with E-state index in [4.69, 9.17) is 4.74 Å². The van der Waals surface area contributed by atoms with Crippen molar-refractivity contribution in [3.05, 3.63) is 52.7 Å². The van der Waals surface area contributed by atoms with Gasteiger partial charge in [-0.3, -0.25) is 9.59 Å². The normalized spacial score (nSPS) is 18.6. The molecule has 1 saturated carbocycles. The Balaban J connectivity index is 1.44. The number of fused-ring (bicyclic) bond motifs is 2. The van der Waals surface area contributed by atoms with E-state index in [0.29, 0.717) is 48.2 Å². The van der Waals surface area contributed by atoms with Crippen LogP contribution in [0.4, 0.5) is 5.69 Å². The molecule has 5 rings (SSSR count). The minimum atomic E-state index is -0.986.